The lowest BCUT2D eigenvalue weighted by Crippen LogP contribution is -2.37. The molecule has 2 heteroatoms. The first-order valence-corrected chi connectivity index (χ1v) is 6.95. The molecule has 16 heavy (non-hydrogen) atoms. The van der Waals surface area contributed by atoms with Crippen LogP contribution in [0.5, 0.6) is 0 Å². The molecule has 0 heterocycles. The fourth-order valence-corrected chi connectivity index (χ4v) is 2.86. The molecule has 2 fully saturated rings. The highest BCUT2D eigenvalue weighted by Gasteiger charge is 2.32. The van der Waals surface area contributed by atoms with E-state index in [0.29, 0.717) is 17.6 Å². The average Bonchev–Trinajstić information content (AvgIpc) is 3.09. The van der Waals surface area contributed by atoms with Gasteiger partial charge in [0.25, 0.3) is 0 Å². The predicted octanol–water partition coefficient (Wildman–Crippen LogP) is 2.77. The van der Waals surface area contributed by atoms with Crippen LogP contribution in [0, 0.1) is 17.8 Å². The lowest BCUT2D eigenvalue weighted by molar-refractivity contribution is -0.128. The van der Waals surface area contributed by atoms with Crippen LogP contribution in [-0.4, -0.2) is 18.4 Å². The minimum Gasteiger partial charge on any atom is -0.314 e. The molecule has 92 valence electrons. The highest BCUT2D eigenvalue weighted by molar-refractivity contribution is 5.83. The Balaban J connectivity index is 1.87. The van der Waals surface area contributed by atoms with Gasteiger partial charge in [-0.2, -0.15) is 0 Å². The summed E-state index contributed by atoms with van der Waals surface area (Å²) in [6.07, 6.45) is 7.64. The van der Waals surface area contributed by atoms with Crippen LogP contribution in [0.3, 0.4) is 0 Å². The summed E-state index contributed by atoms with van der Waals surface area (Å²) < 4.78 is 0. The Bertz CT molecular complexity index is 245. The van der Waals surface area contributed by atoms with E-state index in [4.69, 9.17) is 0 Å². The number of ketones is 1. The van der Waals surface area contributed by atoms with Gasteiger partial charge in [0, 0.05) is 17.9 Å². The van der Waals surface area contributed by atoms with Gasteiger partial charge in [-0.1, -0.05) is 26.7 Å². The molecule has 0 aromatic rings. The van der Waals surface area contributed by atoms with Crippen molar-refractivity contribution in [2.24, 2.45) is 17.8 Å². The Morgan fingerprint density at radius 3 is 2.50 bits per heavy atom. The van der Waals surface area contributed by atoms with Crippen molar-refractivity contribution in [3.8, 4) is 0 Å². The zero-order chi connectivity index (χ0) is 11.5. The summed E-state index contributed by atoms with van der Waals surface area (Å²) in [5.74, 6) is 1.68. The van der Waals surface area contributed by atoms with Crippen molar-refractivity contribution in [3.63, 3.8) is 0 Å². The Morgan fingerprint density at radius 2 is 1.88 bits per heavy atom. The third-order valence-electron chi connectivity index (χ3n) is 4.09. The molecular formula is C14H25NO. The minimum atomic E-state index is 0.214. The van der Waals surface area contributed by atoms with E-state index in [1.165, 1.54) is 32.1 Å². The molecule has 2 saturated carbocycles. The molecule has 0 aromatic heterocycles. The van der Waals surface area contributed by atoms with Crippen LogP contribution in [0.2, 0.25) is 0 Å². The maximum absolute atomic E-state index is 12.1. The first-order valence-electron chi connectivity index (χ1n) is 6.95. The summed E-state index contributed by atoms with van der Waals surface area (Å²) in [5, 5.41) is 3.60. The maximum Gasteiger partial charge on any atom is 0.138 e. The van der Waals surface area contributed by atoms with E-state index < -0.39 is 0 Å². The average molecular weight is 223 g/mol. The number of carbonyl (C=O) groups is 1. The number of Topliss-reactive ketones (excluding diaryl/α,β-unsaturated/α-hetero) is 1. The smallest absolute Gasteiger partial charge is 0.138 e. The van der Waals surface area contributed by atoms with E-state index in [2.05, 4.69) is 5.32 Å². The van der Waals surface area contributed by atoms with Gasteiger partial charge in [-0.15, -0.1) is 0 Å². The molecule has 2 atom stereocenters. The molecule has 1 N–H and O–H groups in total. The Morgan fingerprint density at radius 1 is 1.19 bits per heavy atom. The lowest BCUT2D eigenvalue weighted by Gasteiger charge is -2.31. The first kappa shape index (κ1) is 12.1. The Labute approximate surface area is 99.2 Å². The Kier molecular flexibility index (Phi) is 4.01. The van der Waals surface area contributed by atoms with Gasteiger partial charge in [0.15, 0.2) is 0 Å². The first-order chi connectivity index (χ1) is 7.68. The molecule has 0 radical (unpaired) electrons. The molecule has 2 aliphatic carbocycles. The highest BCUT2D eigenvalue weighted by atomic mass is 16.1. The zero-order valence-corrected chi connectivity index (χ0v) is 10.7. The summed E-state index contributed by atoms with van der Waals surface area (Å²) in [6.45, 7) is 5.17. The summed E-state index contributed by atoms with van der Waals surface area (Å²) >= 11 is 0. The molecule has 0 aromatic carbocycles. The van der Waals surface area contributed by atoms with Gasteiger partial charge in [0.05, 0.1) is 0 Å². The van der Waals surface area contributed by atoms with Crippen LogP contribution in [0.1, 0.15) is 52.4 Å². The van der Waals surface area contributed by atoms with Crippen LogP contribution >= 0.6 is 0 Å². The SMILES string of the molecule is CC(C)C(=O)C1CCCCC1CNC1CC1. The van der Waals surface area contributed by atoms with Gasteiger partial charge in [0.1, 0.15) is 5.78 Å². The molecule has 0 spiro atoms. The molecular weight excluding hydrogens is 198 g/mol. The summed E-state index contributed by atoms with van der Waals surface area (Å²) in [5.41, 5.74) is 0. The van der Waals surface area contributed by atoms with Gasteiger partial charge in [0.2, 0.25) is 0 Å². The van der Waals surface area contributed by atoms with Crippen molar-refractivity contribution in [3.05, 3.63) is 0 Å². The Hall–Kier alpha value is -0.370. The molecule has 0 amide bonds. The highest BCUT2D eigenvalue weighted by Crippen LogP contribution is 2.32. The van der Waals surface area contributed by atoms with Crippen LogP contribution in [-0.2, 0) is 4.79 Å². The fourth-order valence-electron chi connectivity index (χ4n) is 2.86. The second-order valence-electron chi connectivity index (χ2n) is 5.89. The largest absolute Gasteiger partial charge is 0.314 e. The molecule has 0 aliphatic heterocycles. The maximum atomic E-state index is 12.1. The van der Waals surface area contributed by atoms with Crippen molar-refractivity contribution in [2.75, 3.05) is 6.54 Å². The fraction of sp³-hybridized carbons (Fsp3) is 0.929. The van der Waals surface area contributed by atoms with E-state index >= 15 is 0 Å². The molecule has 0 saturated heterocycles. The van der Waals surface area contributed by atoms with Gasteiger partial charge in [-0.05, 0) is 38.1 Å². The number of hydrogen-bond donors (Lipinski definition) is 1. The van der Waals surface area contributed by atoms with Crippen LogP contribution in [0.15, 0.2) is 0 Å². The number of carbonyl (C=O) groups excluding carboxylic acids is 1. The van der Waals surface area contributed by atoms with Crippen molar-refractivity contribution in [1.29, 1.82) is 0 Å². The van der Waals surface area contributed by atoms with Crippen LogP contribution in [0.4, 0.5) is 0 Å². The van der Waals surface area contributed by atoms with Crippen molar-refractivity contribution < 1.29 is 4.79 Å². The normalized spacial score (nSPS) is 30.7. The molecule has 0 bridgehead atoms. The summed E-state index contributed by atoms with van der Waals surface area (Å²) in [7, 11) is 0. The molecule has 2 unspecified atom stereocenters. The molecule has 2 aliphatic rings. The minimum absolute atomic E-state index is 0.214. The van der Waals surface area contributed by atoms with E-state index in [1.54, 1.807) is 0 Å². The molecule has 2 rings (SSSR count). The van der Waals surface area contributed by atoms with Gasteiger partial charge >= 0.3 is 0 Å². The third-order valence-corrected chi connectivity index (χ3v) is 4.09. The second kappa shape index (κ2) is 5.31. The van der Waals surface area contributed by atoms with E-state index in [9.17, 15) is 4.79 Å². The predicted molar refractivity (Wildman–Crippen MR) is 66.3 cm³/mol. The van der Waals surface area contributed by atoms with Crippen LogP contribution in [0.25, 0.3) is 0 Å². The second-order valence-corrected chi connectivity index (χ2v) is 5.89. The van der Waals surface area contributed by atoms with Crippen molar-refractivity contribution in [2.45, 2.75) is 58.4 Å². The van der Waals surface area contributed by atoms with Gasteiger partial charge in [-0.3, -0.25) is 4.79 Å². The number of nitrogens with one attached hydrogen (secondary N) is 1. The quantitative estimate of drug-likeness (QED) is 0.776. The number of rotatable bonds is 5. The van der Waals surface area contributed by atoms with Crippen LogP contribution < -0.4 is 5.32 Å². The lowest BCUT2D eigenvalue weighted by atomic mass is 9.74. The van der Waals surface area contributed by atoms with E-state index in [0.717, 1.165) is 19.0 Å². The third kappa shape index (κ3) is 3.07. The zero-order valence-electron chi connectivity index (χ0n) is 10.7. The topological polar surface area (TPSA) is 29.1 Å². The summed E-state index contributed by atoms with van der Waals surface area (Å²) in [6, 6.07) is 0.775. The standard InChI is InChI=1S/C14H25NO/c1-10(2)14(16)13-6-4-3-5-11(13)9-15-12-7-8-12/h10-13,15H,3-9H2,1-2H3. The number of hydrogen-bond acceptors (Lipinski definition) is 2. The molecule has 2 nitrogen and oxygen atoms in total. The van der Waals surface area contributed by atoms with Crippen molar-refractivity contribution >= 4 is 5.78 Å². The summed E-state index contributed by atoms with van der Waals surface area (Å²) in [4.78, 5) is 12.1. The van der Waals surface area contributed by atoms with E-state index in [-0.39, 0.29) is 5.92 Å². The van der Waals surface area contributed by atoms with E-state index in [1.807, 2.05) is 13.8 Å². The monoisotopic (exact) mass is 223 g/mol. The van der Waals surface area contributed by atoms with Gasteiger partial charge in [-0.25, -0.2) is 0 Å². The van der Waals surface area contributed by atoms with Crippen molar-refractivity contribution in [1.82, 2.24) is 5.32 Å². The van der Waals surface area contributed by atoms with Gasteiger partial charge < -0.3 is 5.32 Å².